The summed E-state index contributed by atoms with van der Waals surface area (Å²) in [7, 11) is 0. The van der Waals surface area contributed by atoms with Gasteiger partial charge in [-0.05, 0) is 37.5 Å². The number of benzene rings is 1. The van der Waals surface area contributed by atoms with Gasteiger partial charge >= 0.3 is 5.97 Å². The Morgan fingerprint density at radius 2 is 2.24 bits per heavy atom. The molecule has 0 bridgehead atoms. The van der Waals surface area contributed by atoms with Crippen LogP contribution in [0.2, 0.25) is 0 Å². The molecule has 0 atom stereocenters. The van der Waals surface area contributed by atoms with Crippen molar-refractivity contribution in [3.05, 3.63) is 29.6 Å². The first kappa shape index (κ1) is 11.9. The third kappa shape index (κ3) is 2.96. The molecule has 3 nitrogen and oxygen atoms in total. The van der Waals surface area contributed by atoms with Gasteiger partial charge < -0.3 is 9.84 Å². The lowest BCUT2D eigenvalue weighted by Gasteiger charge is -2.14. The smallest absolute Gasteiger partial charge is 0.304 e. The van der Waals surface area contributed by atoms with Gasteiger partial charge in [0, 0.05) is 5.41 Å². The van der Waals surface area contributed by atoms with Gasteiger partial charge in [0.1, 0.15) is 0 Å². The number of carboxylic acid groups (broad SMARTS) is 1. The Balaban J connectivity index is 1.98. The van der Waals surface area contributed by atoms with Crippen molar-refractivity contribution in [3.8, 4) is 5.75 Å². The maximum absolute atomic E-state index is 13.4. The van der Waals surface area contributed by atoms with E-state index in [-0.39, 0.29) is 24.2 Å². The second kappa shape index (κ2) is 4.35. The van der Waals surface area contributed by atoms with E-state index in [1.165, 1.54) is 6.07 Å². The van der Waals surface area contributed by atoms with E-state index in [0.29, 0.717) is 0 Å². The van der Waals surface area contributed by atoms with E-state index < -0.39 is 11.8 Å². The van der Waals surface area contributed by atoms with Crippen LogP contribution in [0.25, 0.3) is 0 Å². The van der Waals surface area contributed by atoms with Crippen LogP contribution in [0.3, 0.4) is 0 Å². The highest BCUT2D eigenvalue weighted by Gasteiger charge is 2.45. The molecule has 4 heteroatoms. The summed E-state index contributed by atoms with van der Waals surface area (Å²) >= 11 is 0. The van der Waals surface area contributed by atoms with Crippen molar-refractivity contribution in [2.45, 2.75) is 26.2 Å². The van der Waals surface area contributed by atoms with Crippen LogP contribution in [-0.4, -0.2) is 17.7 Å². The Morgan fingerprint density at radius 3 is 2.82 bits per heavy atom. The molecule has 1 aliphatic rings. The molecule has 0 unspecified atom stereocenters. The molecule has 0 heterocycles. The van der Waals surface area contributed by atoms with Crippen LogP contribution in [0.4, 0.5) is 4.39 Å². The van der Waals surface area contributed by atoms with Crippen LogP contribution in [0, 0.1) is 18.2 Å². The quantitative estimate of drug-likeness (QED) is 0.858. The fraction of sp³-hybridized carbons (Fsp3) is 0.462. The van der Waals surface area contributed by atoms with E-state index in [1.807, 2.05) is 6.92 Å². The van der Waals surface area contributed by atoms with Crippen molar-refractivity contribution in [2.24, 2.45) is 5.41 Å². The minimum atomic E-state index is -0.823. The maximum atomic E-state index is 13.4. The third-order valence-electron chi connectivity index (χ3n) is 3.10. The monoisotopic (exact) mass is 238 g/mol. The van der Waals surface area contributed by atoms with Gasteiger partial charge in [-0.15, -0.1) is 0 Å². The molecule has 1 aromatic rings. The van der Waals surface area contributed by atoms with Gasteiger partial charge in [-0.1, -0.05) is 6.07 Å². The molecule has 1 saturated carbocycles. The molecule has 0 aromatic heterocycles. The zero-order valence-electron chi connectivity index (χ0n) is 9.70. The van der Waals surface area contributed by atoms with Crippen LogP contribution < -0.4 is 4.74 Å². The zero-order chi connectivity index (χ0) is 12.5. The molecule has 92 valence electrons. The van der Waals surface area contributed by atoms with Crippen molar-refractivity contribution >= 4 is 5.97 Å². The summed E-state index contributed by atoms with van der Waals surface area (Å²) in [6.07, 6.45) is 1.78. The molecule has 0 amide bonds. The Labute approximate surface area is 99.2 Å². The molecule has 2 rings (SSSR count). The Bertz CT molecular complexity index is 438. The molecule has 1 fully saturated rings. The van der Waals surface area contributed by atoms with E-state index in [2.05, 4.69) is 0 Å². The Morgan fingerprint density at radius 1 is 1.53 bits per heavy atom. The molecule has 0 spiro atoms. The first-order valence-electron chi connectivity index (χ1n) is 5.62. The molecule has 17 heavy (non-hydrogen) atoms. The van der Waals surface area contributed by atoms with E-state index in [4.69, 9.17) is 9.84 Å². The number of ether oxygens (including phenoxy) is 1. The van der Waals surface area contributed by atoms with Crippen LogP contribution in [0.5, 0.6) is 5.75 Å². The van der Waals surface area contributed by atoms with Gasteiger partial charge in [-0.3, -0.25) is 4.79 Å². The minimum Gasteiger partial charge on any atom is -0.490 e. The van der Waals surface area contributed by atoms with Gasteiger partial charge in [0.05, 0.1) is 13.0 Å². The molecule has 1 N–H and O–H groups in total. The van der Waals surface area contributed by atoms with Crippen molar-refractivity contribution in [1.82, 2.24) is 0 Å². The van der Waals surface area contributed by atoms with Gasteiger partial charge in [-0.2, -0.15) is 0 Å². The van der Waals surface area contributed by atoms with Crippen molar-refractivity contribution in [3.63, 3.8) is 0 Å². The zero-order valence-corrected chi connectivity index (χ0v) is 9.70. The lowest BCUT2D eigenvalue weighted by molar-refractivity contribution is -0.138. The van der Waals surface area contributed by atoms with Crippen molar-refractivity contribution in [1.29, 1.82) is 0 Å². The summed E-state index contributed by atoms with van der Waals surface area (Å²) in [4.78, 5) is 10.7. The highest BCUT2D eigenvalue weighted by Crippen LogP contribution is 2.49. The summed E-state index contributed by atoms with van der Waals surface area (Å²) in [5, 5.41) is 8.76. The molecule has 0 radical (unpaired) electrons. The Kier molecular flexibility index (Phi) is 3.05. The topological polar surface area (TPSA) is 46.5 Å². The Hall–Kier alpha value is -1.58. The third-order valence-corrected chi connectivity index (χ3v) is 3.10. The summed E-state index contributed by atoms with van der Waals surface area (Å²) in [6, 6.07) is 4.67. The molecule has 1 aromatic carbocycles. The fourth-order valence-electron chi connectivity index (χ4n) is 1.82. The number of hydrogen-bond acceptors (Lipinski definition) is 2. The van der Waals surface area contributed by atoms with E-state index >= 15 is 0 Å². The van der Waals surface area contributed by atoms with Crippen LogP contribution in [-0.2, 0) is 4.79 Å². The van der Waals surface area contributed by atoms with Crippen LogP contribution >= 0.6 is 0 Å². The van der Waals surface area contributed by atoms with Gasteiger partial charge in [0.15, 0.2) is 11.6 Å². The second-order valence-corrected chi connectivity index (χ2v) is 4.79. The number of aryl methyl sites for hydroxylation is 1. The maximum Gasteiger partial charge on any atom is 0.304 e. The van der Waals surface area contributed by atoms with E-state index in [0.717, 1.165) is 18.4 Å². The van der Waals surface area contributed by atoms with E-state index in [9.17, 15) is 9.18 Å². The van der Waals surface area contributed by atoms with Crippen LogP contribution in [0.15, 0.2) is 18.2 Å². The summed E-state index contributed by atoms with van der Waals surface area (Å²) in [5.41, 5.74) is 0.645. The number of halogens is 1. The highest BCUT2D eigenvalue weighted by molar-refractivity contribution is 5.68. The number of hydrogen-bond donors (Lipinski definition) is 1. The predicted octanol–water partition coefficient (Wildman–Crippen LogP) is 2.77. The molecular weight excluding hydrogens is 223 g/mol. The lowest BCUT2D eigenvalue weighted by atomic mass is 10.0. The highest BCUT2D eigenvalue weighted by atomic mass is 19.1. The van der Waals surface area contributed by atoms with E-state index in [1.54, 1.807) is 12.1 Å². The molecular formula is C13H15FO3. The normalized spacial score (nSPS) is 16.6. The number of aliphatic carboxylic acids is 1. The van der Waals surface area contributed by atoms with Gasteiger partial charge in [0.2, 0.25) is 0 Å². The first-order chi connectivity index (χ1) is 8.01. The van der Waals surface area contributed by atoms with Crippen molar-refractivity contribution in [2.75, 3.05) is 6.61 Å². The second-order valence-electron chi connectivity index (χ2n) is 4.79. The lowest BCUT2D eigenvalue weighted by Crippen LogP contribution is -2.17. The number of carboxylic acids is 1. The van der Waals surface area contributed by atoms with Crippen molar-refractivity contribution < 1.29 is 19.0 Å². The predicted molar refractivity (Wildman–Crippen MR) is 60.6 cm³/mol. The molecule has 0 saturated heterocycles. The molecule has 1 aliphatic carbocycles. The minimum absolute atomic E-state index is 0.0977. The average Bonchev–Trinajstić information content (AvgIpc) is 2.99. The summed E-state index contributed by atoms with van der Waals surface area (Å²) in [5.74, 6) is -1.01. The summed E-state index contributed by atoms with van der Waals surface area (Å²) in [6.45, 7) is 2.14. The summed E-state index contributed by atoms with van der Waals surface area (Å²) < 4.78 is 18.8. The van der Waals surface area contributed by atoms with Gasteiger partial charge in [0.25, 0.3) is 0 Å². The fourth-order valence-corrected chi connectivity index (χ4v) is 1.82. The SMILES string of the molecule is Cc1ccc(F)c(OCC2(CC(=O)O)CC2)c1. The average molecular weight is 238 g/mol. The molecule has 0 aliphatic heterocycles. The van der Waals surface area contributed by atoms with Gasteiger partial charge in [-0.25, -0.2) is 4.39 Å². The standard InChI is InChI=1S/C13H15FO3/c1-9-2-3-10(14)11(6-9)17-8-13(4-5-13)7-12(15)16/h2-3,6H,4-5,7-8H2,1H3,(H,15,16). The number of rotatable bonds is 5. The largest absolute Gasteiger partial charge is 0.490 e. The van der Waals surface area contributed by atoms with Crippen LogP contribution in [0.1, 0.15) is 24.8 Å². The number of carbonyl (C=O) groups is 1. The first-order valence-corrected chi connectivity index (χ1v) is 5.62.